The Morgan fingerprint density at radius 1 is 1.13 bits per heavy atom. The lowest BCUT2D eigenvalue weighted by atomic mass is 9.89. The Morgan fingerprint density at radius 3 is 2.45 bits per heavy atom. The average Bonchev–Trinajstić information content (AvgIpc) is 3.09. The number of aromatic nitrogens is 2. The number of nitrogens with zero attached hydrogens (tertiary/aromatic N) is 4. The van der Waals surface area contributed by atoms with Crippen LogP contribution in [0, 0.1) is 24.6 Å². The van der Waals surface area contributed by atoms with E-state index in [-0.39, 0.29) is 5.82 Å². The van der Waals surface area contributed by atoms with Crippen LogP contribution in [0.5, 0.6) is 0 Å². The lowest BCUT2D eigenvalue weighted by molar-refractivity contribution is -0.192. The van der Waals surface area contributed by atoms with E-state index in [1.807, 2.05) is 19.1 Å². The summed E-state index contributed by atoms with van der Waals surface area (Å²) in [4.78, 5) is 13.7. The first-order valence-electron chi connectivity index (χ1n) is 9.94. The highest BCUT2D eigenvalue weighted by Gasteiger charge is 2.38. The maximum absolute atomic E-state index is 13.4. The van der Waals surface area contributed by atoms with Crippen molar-refractivity contribution in [3.63, 3.8) is 0 Å². The summed E-state index contributed by atoms with van der Waals surface area (Å²) in [5.74, 6) is -0.507. The molecule has 0 bridgehead atoms. The van der Waals surface area contributed by atoms with E-state index in [1.165, 1.54) is 12.5 Å². The van der Waals surface area contributed by atoms with Crippen LogP contribution in [-0.2, 0) is 11.3 Å². The number of halogens is 4. The Balaban J connectivity index is 0.000000339. The number of carboxylic acid groups (broad SMARTS) is 1. The summed E-state index contributed by atoms with van der Waals surface area (Å²) in [6.07, 6.45) is -3.89. The van der Waals surface area contributed by atoms with Gasteiger partial charge in [-0.15, -0.1) is 5.10 Å². The highest BCUT2D eigenvalue weighted by molar-refractivity contribution is 5.73. The molecule has 6 nitrogen and oxygen atoms in total. The molecule has 31 heavy (non-hydrogen) atoms. The second-order valence-corrected chi connectivity index (χ2v) is 7.91. The molecule has 1 aromatic carbocycles. The van der Waals surface area contributed by atoms with Crippen molar-refractivity contribution in [2.75, 3.05) is 31.1 Å². The molecule has 2 fully saturated rings. The monoisotopic (exact) mass is 440 g/mol. The first-order valence-corrected chi connectivity index (χ1v) is 9.94. The molecule has 0 saturated carbocycles. The third-order valence-electron chi connectivity index (χ3n) is 5.52. The Morgan fingerprint density at radius 2 is 1.84 bits per heavy atom. The number of anilines is 1. The van der Waals surface area contributed by atoms with Crippen molar-refractivity contribution in [3.8, 4) is 0 Å². The van der Waals surface area contributed by atoms with E-state index in [0.29, 0.717) is 5.92 Å². The fourth-order valence-electron chi connectivity index (χ4n) is 4.06. The second kappa shape index (κ2) is 9.59. The summed E-state index contributed by atoms with van der Waals surface area (Å²) in [6.45, 7) is 7.10. The van der Waals surface area contributed by atoms with E-state index >= 15 is 0 Å². The van der Waals surface area contributed by atoms with Gasteiger partial charge in [0, 0.05) is 32.7 Å². The largest absolute Gasteiger partial charge is 0.490 e. The molecule has 0 radical (unpaired) electrons. The summed E-state index contributed by atoms with van der Waals surface area (Å²) < 4.78 is 45.1. The van der Waals surface area contributed by atoms with Crippen molar-refractivity contribution >= 4 is 11.8 Å². The number of aliphatic carboxylic acids is 1. The maximum Gasteiger partial charge on any atom is 0.490 e. The summed E-state index contributed by atoms with van der Waals surface area (Å²) in [5.41, 5.74) is 2.02. The minimum absolute atomic E-state index is 0.145. The van der Waals surface area contributed by atoms with Gasteiger partial charge in [0.05, 0.1) is 5.69 Å². The zero-order chi connectivity index (χ0) is 22.6. The molecule has 0 amide bonds. The molecule has 3 heterocycles. The molecule has 2 atom stereocenters. The molecule has 168 valence electrons. The van der Waals surface area contributed by atoms with Gasteiger partial charge in [0.25, 0.3) is 0 Å². The predicted octanol–water partition coefficient (Wildman–Crippen LogP) is 3.52. The highest BCUT2D eigenvalue weighted by atomic mass is 19.4. The number of alkyl halides is 3. The van der Waals surface area contributed by atoms with Gasteiger partial charge in [-0.1, -0.05) is 12.1 Å². The molecule has 2 aromatic rings. The number of hydrogen-bond acceptors (Lipinski definition) is 5. The standard InChI is InChI=1S/C19H23FN4.C2HF3O2/c1-14-5-6-19(22-21-14)24-8-7-16-11-23(12-17(16)13-24)10-15-3-2-4-18(20)9-15;3-2(4,5)1(6)7/h2-6,9,16-17H,7-8,10-13H2,1H3;(H,6,7)/t16-,17-;/m1./s1. The molecule has 0 aliphatic carbocycles. The normalized spacial score (nSPS) is 21.3. The Hall–Kier alpha value is -2.75. The van der Waals surface area contributed by atoms with E-state index in [2.05, 4.69) is 26.1 Å². The highest BCUT2D eigenvalue weighted by Crippen LogP contribution is 2.33. The summed E-state index contributed by atoms with van der Waals surface area (Å²) >= 11 is 0. The van der Waals surface area contributed by atoms with E-state index in [4.69, 9.17) is 9.90 Å². The molecule has 2 aliphatic rings. The smallest absolute Gasteiger partial charge is 0.475 e. The quantitative estimate of drug-likeness (QED) is 0.737. The first kappa shape index (κ1) is 22.9. The topological polar surface area (TPSA) is 69.6 Å². The number of piperidine rings is 1. The molecule has 1 aromatic heterocycles. The Kier molecular flexibility index (Phi) is 7.09. The third kappa shape index (κ3) is 6.36. The van der Waals surface area contributed by atoms with Gasteiger partial charge in [-0.3, -0.25) is 4.90 Å². The van der Waals surface area contributed by atoms with Crippen LogP contribution in [0.3, 0.4) is 0 Å². The van der Waals surface area contributed by atoms with Gasteiger partial charge in [-0.05, 0) is 55.0 Å². The predicted molar refractivity (Wildman–Crippen MR) is 106 cm³/mol. The fraction of sp³-hybridized carbons (Fsp3) is 0.476. The number of likely N-dealkylation sites (tertiary alicyclic amines) is 1. The Bertz CT molecular complexity index is 892. The van der Waals surface area contributed by atoms with Crippen molar-refractivity contribution in [1.29, 1.82) is 0 Å². The van der Waals surface area contributed by atoms with Crippen molar-refractivity contribution in [1.82, 2.24) is 15.1 Å². The van der Waals surface area contributed by atoms with Crippen LogP contribution in [0.4, 0.5) is 23.4 Å². The van der Waals surface area contributed by atoms with Crippen LogP contribution in [0.15, 0.2) is 36.4 Å². The molecule has 0 unspecified atom stereocenters. The zero-order valence-corrected chi connectivity index (χ0v) is 17.0. The number of carboxylic acids is 1. The van der Waals surface area contributed by atoms with Gasteiger partial charge in [0.1, 0.15) is 5.82 Å². The summed E-state index contributed by atoms with van der Waals surface area (Å²) in [5, 5.41) is 15.6. The first-order chi connectivity index (χ1) is 14.6. The van der Waals surface area contributed by atoms with E-state index in [9.17, 15) is 17.6 Å². The summed E-state index contributed by atoms with van der Waals surface area (Å²) in [6, 6.07) is 11.1. The molecule has 2 saturated heterocycles. The lowest BCUT2D eigenvalue weighted by Gasteiger charge is -2.34. The van der Waals surface area contributed by atoms with E-state index < -0.39 is 12.1 Å². The van der Waals surface area contributed by atoms with Crippen LogP contribution < -0.4 is 4.90 Å². The van der Waals surface area contributed by atoms with Gasteiger partial charge in [0.2, 0.25) is 0 Å². The zero-order valence-electron chi connectivity index (χ0n) is 17.0. The van der Waals surface area contributed by atoms with Crippen LogP contribution in [0.2, 0.25) is 0 Å². The summed E-state index contributed by atoms with van der Waals surface area (Å²) in [7, 11) is 0. The SMILES string of the molecule is Cc1ccc(N2CC[C@@H]3CN(Cc4cccc(F)c4)C[C@@H]3C2)nn1.O=C(O)C(F)(F)F. The molecule has 10 heteroatoms. The van der Waals surface area contributed by atoms with Crippen molar-refractivity contribution in [3.05, 3.63) is 53.5 Å². The van der Waals surface area contributed by atoms with Gasteiger partial charge in [0.15, 0.2) is 5.82 Å². The molecular weight excluding hydrogens is 416 g/mol. The fourth-order valence-corrected chi connectivity index (χ4v) is 4.06. The lowest BCUT2D eigenvalue weighted by Crippen LogP contribution is -2.40. The average molecular weight is 440 g/mol. The number of fused-ring (bicyclic) bond motifs is 1. The van der Waals surface area contributed by atoms with Crippen LogP contribution in [-0.4, -0.2) is 58.5 Å². The van der Waals surface area contributed by atoms with E-state index in [0.717, 1.165) is 55.7 Å². The van der Waals surface area contributed by atoms with Crippen molar-refractivity contribution < 1.29 is 27.5 Å². The third-order valence-corrected chi connectivity index (χ3v) is 5.52. The molecular formula is C21H24F4N4O2. The number of carbonyl (C=O) groups is 1. The molecule has 2 aliphatic heterocycles. The van der Waals surface area contributed by atoms with Gasteiger partial charge < -0.3 is 10.0 Å². The van der Waals surface area contributed by atoms with E-state index in [1.54, 1.807) is 12.1 Å². The number of benzene rings is 1. The molecule has 0 spiro atoms. The second-order valence-electron chi connectivity index (χ2n) is 7.91. The molecule has 4 rings (SSSR count). The van der Waals surface area contributed by atoms with Crippen LogP contribution in [0.25, 0.3) is 0 Å². The number of hydrogen-bond donors (Lipinski definition) is 1. The van der Waals surface area contributed by atoms with Gasteiger partial charge in [-0.25, -0.2) is 9.18 Å². The number of aryl methyl sites for hydroxylation is 1. The minimum atomic E-state index is -5.08. The minimum Gasteiger partial charge on any atom is -0.475 e. The Labute approximate surface area is 177 Å². The van der Waals surface area contributed by atoms with Crippen molar-refractivity contribution in [2.45, 2.75) is 26.1 Å². The van der Waals surface area contributed by atoms with Crippen LogP contribution >= 0.6 is 0 Å². The van der Waals surface area contributed by atoms with Gasteiger partial charge in [-0.2, -0.15) is 18.3 Å². The number of rotatable bonds is 3. The molecule has 1 N–H and O–H groups in total. The van der Waals surface area contributed by atoms with Crippen LogP contribution in [0.1, 0.15) is 17.7 Å². The van der Waals surface area contributed by atoms with Gasteiger partial charge >= 0.3 is 12.1 Å². The maximum atomic E-state index is 13.4. The van der Waals surface area contributed by atoms with Crippen molar-refractivity contribution in [2.24, 2.45) is 11.8 Å².